The molecule has 0 spiro atoms. The summed E-state index contributed by atoms with van der Waals surface area (Å²) in [6, 6.07) is 7.79. The Bertz CT molecular complexity index is 1130. The molecule has 2 aliphatic heterocycles. The molecule has 33 heavy (non-hydrogen) atoms. The number of carbonyl (C=O) groups excluding carboxylic acids is 1. The Balaban J connectivity index is 1.44. The average molecular weight is 449 g/mol. The predicted molar refractivity (Wildman–Crippen MR) is 131 cm³/mol. The van der Waals surface area contributed by atoms with Crippen LogP contribution in [0, 0.1) is 5.92 Å². The summed E-state index contributed by atoms with van der Waals surface area (Å²) < 4.78 is 5.49. The van der Waals surface area contributed by atoms with E-state index in [1.54, 1.807) is 0 Å². The second-order valence-electron chi connectivity index (χ2n) is 9.06. The van der Waals surface area contributed by atoms with Crippen molar-refractivity contribution in [2.24, 2.45) is 5.92 Å². The van der Waals surface area contributed by atoms with Crippen LogP contribution < -0.4 is 15.1 Å². The van der Waals surface area contributed by atoms with Crippen molar-refractivity contribution < 1.29 is 9.53 Å². The number of hydrogen-bond donors (Lipinski definition) is 2. The zero-order chi connectivity index (χ0) is 22.8. The predicted octanol–water partition coefficient (Wildman–Crippen LogP) is 3.85. The lowest BCUT2D eigenvalue weighted by atomic mass is 9.99. The Labute approximate surface area is 194 Å². The van der Waals surface area contributed by atoms with Crippen LogP contribution in [0.4, 0.5) is 17.5 Å². The Morgan fingerprint density at radius 1 is 1.12 bits per heavy atom. The van der Waals surface area contributed by atoms with Crippen molar-refractivity contribution in [3.05, 3.63) is 41.7 Å². The summed E-state index contributed by atoms with van der Waals surface area (Å²) in [6.07, 6.45) is 5.23. The van der Waals surface area contributed by atoms with Gasteiger partial charge in [-0.15, -0.1) is 0 Å². The molecule has 2 saturated heterocycles. The summed E-state index contributed by atoms with van der Waals surface area (Å²) in [5.41, 5.74) is 3.47. The fourth-order valence-electron chi connectivity index (χ4n) is 4.59. The lowest BCUT2D eigenvalue weighted by Crippen LogP contribution is -2.39. The molecule has 2 N–H and O–H groups in total. The van der Waals surface area contributed by atoms with Crippen LogP contribution in [0.5, 0.6) is 0 Å². The number of aromatic amines is 1. The van der Waals surface area contributed by atoms with Crippen LogP contribution in [0.15, 0.2) is 30.5 Å². The number of amides is 1. The number of H-pyrrole nitrogens is 1. The van der Waals surface area contributed by atoms with Gasteiger partial charge in [-0.25, -0.2) is 4.98 Å². The number of aryl methyl sites for hydroxylation is 1. The van der Waals surface area contributed by atoms with Crippen molar-refractivity contribution in [1.29, 1.82) is 0 Å². The number of hydrogen-bond acceptors (Lipinski definition) is 6. The minimum Gasteiger partial charge on any atom is -0.378 e. The maximum Gasteiger partial charge on any atom is 0.274 e. The van der Waals surface area contributed by atoms with Gasteiger partial charge in [-0.3, -0.25) is 4.79 Å². The van der Waals surface area contributed by atoms with E-state index in [4.69, 9.17) is 9.72 Å². The normalized spacial score (nSPS) is 17.5. The molecule has 2 aromatic heterocycles. The summed E-state index contributed by atoms with van der Waals surface area (Å²) in [6.45, 7) is 9.07. The highest BCUT2D eigenvalue weighted by molar-refractivity contribution is 6.04. The van der Waals surface area contributed by atoms with Crippen molar-refractivity contribution in [2.45, 2.75) is 33.1 Å². The van der Waals surface area contributed by atoms with E-state index in [9.17, 15) is 4.79 Å². The lowest BCUT2D eigenvalue weighted by Gasteiger charge is -2.33. The first-order valence-corrected chi connectivity index (χ1v) is 12.0. The highest BCUT2D eigenvalue weighted by atomic mass is 16.5. The van der Waals surface area contributed by atoms with Gasteiger partial charge in [-0.2, -0.15) is 4.98 Å². The zero-order valence-electron chi connectivity index (χ0n) is 19.4. The zero-order valence-corrected chi connectivity index (χ0v) is 19.4. The molecule has 0 radical (unpaired) electrons. The van der Waals surface area contributed by atoms with Gasteiger partial charge in [-0.05, 0) is 48.9 Å². The molecule has 1 aromatic carbocycles. The van der Waals surface area contributed by atoms with Crippen LogP contribution in [0.1, 0.15) is 42.7 Å². The van der Waals surface area contributed by atoms with Crippen molar-refractivity contribution in [3.8, 4) is 0 Å². The summed E-state index contributed by atoms with van der Waals surface area (Å²) in [7, 11) is 0. The molecule has 0 unspecified atom stereocenters. The molecule has 0 aliphatic carbocycles. The number of morpholine rings is 1. The lowest BCUT2D eigenvalue weighted by molar-refractivity contribution is 0.102. The van der Waals surface area contributed by atoms with E-state index in [-0.39, 0.29) is 5.91 Å². The van der Waals surface area contributed by atoms with Gasteiger partial charge in [0.2, 0.25) is 5.95 Å². The molecule has 8 heteroatoms. The number of benzene rings is 1. The standard InChI is InChI=1S/C25H32N6O2/c1-3-18-16-26-21-5-4-19(14-20(18)21)27-24(32)22-15-23(30-8-6-17(2)7-9-30)29-25(28-22)31-10-12-33-13-11-31/h4-5,14-17,26H,3,6-13H2,1-2H3,(H,27,32). The second-order valence-corrected chi connectivity index (χ2v) is 9.06. The van der Waals surface area contributed by atoms with Crippen LogP contribution in [0.2, 0.25) is 0 Å². The third-order valence-corrected chi connectivity index (χ3v) is 6.74. The van der Waals surface area contributed by atoms with Crippen molar-refractivity contribution in [3.63, 3.8) is 0 Å². The highest BCUT2D eigenvalue weighted by Crippen LogP contribution is 2.26. The fourth-order valence-corrected chi connectivity index (χ4v) is 4.59. The highest BCUT2D eigenvalue weighted by Gasteiger charge is 2.23. The number of aromatic nitrogens is 3. The number of nitrogens with zero attached hydrogens (tertiary/aromatic N) is 4. The molecular weight excluding hydrogens is 416 g/mol. The first-order chi connectivity index (χ1) is 16.1. The Morgan fingerprint density at radius 3 is 2.67 bits per heavy atom. The van der Waals surface area contributed by atoms with E-state index in [1.807, 2.05) is 30.5 Å². The molecule has 5 rings (SSSR count). The second kappa shape index (κ2) is 9.39. The molecule has 0 bridgehead atoms. The van der Waals surface area contributed by atoms with E-state index >= 15 is 0 Å². The van der Waals surface area contributed by atoms with E-state index in [2.05, 4.69) is 38.9 Å². The van der Waals surface area contributed by atoms with Crippen molar-refractivity contribution in [2.75, 3.05) is 54.5 Å². The Morgan fingerprint density at radius 2 is 1.91 bits per heavy atom. The maximum atomic E-state index is 13.3. The fraction of sp³-hybridized carbons (Fsp3) is 0.480. The minimum absolute atomic E-state index is 0.216. The van der Waals surface area contributed by atoms with Crippen molar-refractivity contribution in [1.82, 2.24) is 15.0 Å². The quantitative estimate of drug-likeness (QED) is 0.617. The summed E-state index contributed by atoms with van der Waals surface area (Å²) in [5.74, 6) is 1.94. The number of fused-ring (bicyclic) bond motifs is 1. The van der Waals surface area contributed by atoms with Crippen molar-refractivity contribution >= 4 is 34.3 Å². The molecule has 0 atom stereocenters. The molecule has 3 aromatic rings. The monoisotopic (exact) mass is 448 g/mol. The summed E-state index contributed by atoms with van der Waals surface area (Å²) in [4.78, 5) is 30.5. The number of ether oxygens (including phenoxy) is 1. The van der Waals surface area contributed by atoms with Gasteiger partial charge in [0.25, 0.3) is 5.91 Å². The smallest absolute Gasteiger partial charge is 0.274 e. The van der Waals surface area contributed by atoms with Crippen LogP contribution in [-0.4, -0.2) is 60.3 Å². The number of piperidine rings is 1. The van der Waals surface area contributed by atoms with Gasteiger partial charge in [0.05, 0.1) is 13.2 Å². The van der Waals surface area contributed by atoms with Gasteiger partial charge >= 0.3 is 0 Å². The molecule has 1 amide bonds. The number of nitrogens with one attached hydrogen (secondary N) is 2. The van der Waals surface area contributed by atoms with E-state index < -0.39 is 0 Å². The molecule has 8 nitrogen and oxygen atoms in total. The minimum atomic E-state index is -0.216. The third-order valence-electron chi connectivity index (χ3n) is 6.74. The molecular formula is C25H32N6O2. The Kier molecular flexibility index (Phi) is 6.17. The van der Waals surface area contributed by atoms with E-state index in [1.165, 1.54) is 5.56 Å². The van der Waals surface area contributed by atoms with Crippen LogP contribution in [-0.2, 0) is 11.2 Å². The van der Waals surface area contributed by atoms with Gasteiger partial charge in [0.1, 0.15) is 11.5 Å². The molecule has 174 valence electrons. The largest absolute Gasteiger partial charge is 0.378 e. The van der Waals surface area contributed by atoms with Gasteiger partial charge < -0.3 is 24.8 Å². The molecule has 0 saturated carbocycles. The summed E-state index contributed by atoms with van der Waals surface area (Å²) in [5, 5.41) is 4.19. The van der Waals surface area contributed by atoms with Crippen LogP contribution in [0.3, 0.4) is 0 Å². The molecule has 2 aliphatic rings. The number of anilines is 3. The first kappa shape index (κ1) is 21.7. The average Bonchev–Trinajstić information content (AvgIpc) is 3.27. The van der Waals surface area contributed by atoms with E-state index in [0.29, 0.717) is 24.9 Å². The van der Waals surface area contributed by atoms with E-state index in [0.717, 1.165) is 73.8 Å². The first-order valence-electron chi connectivity index (χ1n) is 12.0. The SMILES string of the molecule is CCc1c[nH]c2ccc(NC(=O)c3cc(N4CCC(C)CC4)nc(N4CCOCC4)n3)cc12. The summed E-state index contributed by atoms with van der Waals surface area (Å²) >= 11 is 0. The number of carbonyl (C=O) groups is 1. The topological polar surface area (TPSA) is 86.4 Å². The number of rotatable bonds is 5. The van der Waals surface area contributed by atoms with Gasteiger partial charge in [-0.1, -0.05) is 13.8 Å². The van der Waals surface area contributed by atoms with Gasteiger partial charge in [0, 0.05) is 55.0 Å². The third kappa shape index (κ3) is 4.66. The van der Waals surface area contributed by atoms with Crippen LogP contribution in [0.25, 0.3) is 10.9 Å². The van der Waals surface area contributed by atoms with Crippen LogP contribution >= 0.6 is 0 Å². The molecule has 4 heterocycles. The maximum absolute atomic E-state index is 13.3. The van der Waals surface area contributed by atoms with Gasteiger partial charge in [0.15, 0.2) is 0 Å². The Hall–Kier alpha value is -3.13. The molecule has 2 fully saturated rings.